The monoisotopic (exact) mass is 322 g/mol. The van der Waals surface area contributed by atoms with Crippen LogP contribution >= 0.6 is 0 Å². The summed E-state index contributed by atoms with van der Waals surface area (Å²) in [5, 5.41) is 3.17. The molecule has 0 spiro atoms. The molecule has 3 unspecified atom stereocenters. The lowest BCUT2D eigenvalue weighted by Gasteiger charge is -2.37. The van der Waals surface area contributed by atoms with Crippen molar-refractivity contribution in [2.24, 2.45) is 0 Å². The van der Waals surface area contributed by atoms with Gasteiger partial charge in [0.1, 0.15) is 18.6 Å². The van der Waals surface area contributed by atoms with Crippen LogP contribution in [0.3, 0.4) is 0 Å². The molecule has 0 aromatic rings. The van der Waals surface area contributed by atoms with E-state index in [0.717, 1.165) is 5.57 Å². The number of allylic oxidation sites excluding steroid dienone is 2. The van der Waals surface area contributed by atoms with Crippen molar-refractivity contribution in [2.45, 2.75) is 52.7 Å². The molecule has 1 N–H and O–H groups in total. The van der Waals surface area contributed by atoms with Gasteiger partial charge in [0.05, 0.1) is 0 Å². The molecule has 0 saturated carbocycles. The number of nitrogens with zero attached hydrogens (tertiary/aromatic N) is 1. The van der Waals surface area contributed by atoms with E-state index in [1.54, 1.807) is 24.0 Å². The van der Waals surface area contributed by atoms with Crippen LogP contribution in [0.15, 0.2) is 36.6 Å². The Kier molecular flexibility index (Phi) is 7.54. The number of ether oxygens (including phenoxy) is 2. The van der Waals surface area contributed by atoms with Crippen LogP contribution in [0, 0.1) is 0 Å². The summed E-state index contributed by atoms with van der Waals surface area (Å²) in [5.74, 6) is -0.533. The zero-order valence-electron chi connectivity index (χ0n) is 14.2. The van der Waals surface area contributed by atoms with Gasteiger partial charge in [-0.1, -0.05) is 12.7 Å². The van der Waals surface area contributed by atoms with Crippen LogP contribution in [0.1, 0.15) is 34.1 Å². The first-order valence-electron chi connectivity index (χ1n) is 7.70. The summed E-state index contributed by atoms with van der Waals surface area (Å²) in [6, 6.07) is 0. The van der Waals surface area contributed by atoms with Crippen molar-refractivity contribution in [2.75, 3.05) is 6.54 Å². The lowest BCUT2D eigenvalue weighted by molar-refractivity contribution is -0.162. The van der Waals surface area contributed by atoms with Gasteiger partial charge in [-0.25, -0.2) is 0 Å². The summed E-state index contributed by atoms with van der Waals surface area (Å²) in [6.07, 6.45) is 6.38. The quantitative estimate of drug-likeness (QED) is 0.461. The van der Waals surface area contributed by atoms with Crippen LogP contribution in [0.5, 0.6) is 0 Å². The Morgan fingerprint density at radius 1 is 1.43 bits per heavy atom. The Labute approximate surface area is 137 Å². The first kappa shape index (κ1) is 19.0. The fourth-order valence-corrected chi connectivity index (χ4v) is 2.13. The third kappa shape index (κ3) is 6.69. The second-order valence-corrected chi connectivity index (χ2v) is 5.48. The van der Waals surface area contributed by atoms with Gasteiger partial charge in [-0.3, -0.25) is 9.59 Å². The number of carbonyl (C=O) groups excluding carboxylic acids is 2. The van der Waals surface area contributed by atoms with Crippen molar-refractivity contribution in [3.05, 3.63) is 36.6 Å². The highest BCUT2D eigenvalue weighted by Gasteiger charge is 2.27. The minimum absolute atomic E-state index is 0.132. The minimum Gasteiger partial charge on any atom is -0.459 e. The van der Waals surface area contributed by atoms with Gasteiger partial charge < -0.3 is 19.7 Å². The zero-order valence-corrected chi connectivity index (χ0v) is 14.2. The maximum absolute atomic E-state index is 12.2. The smallest absolute Gasteiger partial charge is 0.303 e. The number of hydrogen-bond acceptors (Lipinski definition) is 5. The average Bonchev–Trinajstić information content (AvgIpc) is 2.49. The molecule has 0 aliphatic carbocycles. The molecule has 0 aromatic heterocycles. The van der Waals surface area contributed by atoms with Gasteiger partial charge in [0.2, 0.25) is 5.91 Å². The van der Waals surface area contributed by atoms with Crippen molar-refractivity contribution in [3.8, 4) is 0 Å². The molecule has 1 fully saturated rings. The predicted molar refractivity (Wildman–Crippen MR) is 88.1 cm³/mol. The summed E-state index contributed by atoms with van der Waals surface area (Å²) in [6.45, 7) is 11.1. The van der Waals surface area contributed by atoms with Crippen molar-refractivity contribution in [1.29, 1.82) is 0 Å². The van der Waals surface area contributed by atoms with E-state index in [4.69, 9.17) is 9.47 Å². The van der Waals surface area contributed by atoms with Crippen LogP contribution in [0.4, 0.5) is 0 Å². The average molecular weight is 322 g/mol. The molecule has 1 saturated heterocycles. The van der Waals surface area contributed by atoms with Crippen LogP contribution in [-0.4, -0.2) is 41.9 Å². The molecule has 0 aromatic carbocycles. The summed E-state index contributed by atoms with van der Waals surface area (Å²) in [7, 11) is 0. The highest BCUT2D eigenvalue weighted by atomic mass is 16.5. The number of hydrogen-bond donors (Lipinski definition) is 1. The molecule has 0 bridgehead atoms. The van der Waals surface area contributed by atoms with E-state index >= 15 is 0 Å². The van der Waals surface area contributed by atoms with Gasteiger partial charge in [0.25, 0.3) is 0 Å². The third-order valence-electron chi connectivity index (χ3n) is 3.40. The molecule has 1 aliphatic rings. The largest absolute Gasteiger partial charge is 0.459 e. The van der Waals surface area contributed by atoms with Crippen LogP contribution in [-0.2, 0) is 19.1 Å². The number of nitrogens with one attached hydrogen (secondary N) is 1. The molecule has 128 valence electrons. The normalized spacial score (nSPS) is 23.5. The van der Waals surface area contributed by atoms with Crippen molar-refractivity contribution < 1.29 is 19.1 Å². The molecular weight excluding hydrogens is 296 g/mol. The topological polar surface area (TPSA) is 67.9 Å². The fourth-order valence-electron chi connectivity index (χ4n) is 2.13. The Hall–Kier alpha value is -2.08. The number of amides is 1. The maximum atomic E-state index is 12.2. The Morgan fingerprint density at radius 2 is 2.13 bits per heavy atom. The second kappa shape index (κ2) is 9.15. The summed E-state index contributed by atoms with van der Waals surface area (Å²) >= 11 is 0. The summed E-state index contributed by atoms with van der Waals surface area (Å²) < 4.78 is 10.7. The summed E-state index contributed by atoms with van der Waals surface area (Å²) in [4.78, 5) is 24.7. The standard InChI is InChI=1S/C17H26N2O4/c1-6-12(2)11-18-16-9-10-19(14(4)23-16)17(21)8-7-13(3)22-15(5)20/h6-8,11,13-14,16,18H,1,9-10H2,2-5H3/b8-7-,12-11+. The van der Waals surface area contributed by atoms with Crippen LogP contribution in [0.25, 0.3) is 0 Å². The van der Waals surface area contributed by atoms with Gasteiger partial charge in [-0.05, 0) is 32.4 Å². The van der Waals surface area contributed by atoms with Gasteiger partial charge in [0, 0.05) is 32.2 Å². The first-order chi connectivity index (χ1) is 10.8. The van der Waals surface area contributed by atoms with E-state index in [9.17, 15) is 9.59 Å². The zero-order chi connectivity index (χ0) is 17.4. The highest BCUT2D eigenvalue weighted by molar-refractivity contribution is 5.87. The van der Waals surface area contributed by atoms with E-state index in [-0.39, 0.29) is 24.3 Å². The predicted octanol–water partition coefficient (Wildman–Crippen LogP) is 2.09. The maximum Gasteiger partial charge on any atom is 0.303 e. The van der Waals surface area contributed by atoms with E-state index < -0.39 is 6.10 Å². The third-order valence-corrected chi connectivity index (χ3v) is 3.40. The van der Waals surface area contributed by atoms with Gasteiger partial charge in [-0.15, -0.1) is 0 Å². The van der Waals surface area contributed by atoms with E-state index in [1.807, 2.05) is 20.0 Å². The van der Waals surface area contributed by atoms with E-state index in [2.05, 4.69) is 11.9 Å². The summed E-state index contributed by atoms with van der Waals surface area (Å²) in [5.41, 5.74) is 1.02. The SMILES string of the molecule is C=C/C(C)=C/NC1CCN(C(=O)/C=C\C(C)OC(C)=O)C(C)O1. The molecule has 0 radical (unpaired) electrons. The molecule has 6 heteroatoms. The minimum atomic E-state index is -0.432. The van der Waals surface area contributed by atoms with Crippen LogP contribution in [0.2, 0.25) is 0 Å². The van der Waals surface area contributed by atoms with Gasteiger partial charge in [-0.2, -0.15) is 0 Å². The molecule has 6 nitrogen and oxygen atoms in total. The second-order valence-electron chi connectivity index (χ2n) is 5.48. The van der Waals surface area contributed by atoms with Crippen LogP contribution < -0.4 is 5.32 Å². The number of carbonyl (C=O) groups is 2. The van der Waals surface area contributed by atoms with Crippen molar-refractivity contribution in [3.63, 3.8) is 0 Å². The lowest BCUT2D eigenvalue weighted by atomic mass is 10.2. The van der Waals surface area contributed by atoms with Crippen molar-refractivity contribution >= 4 is 11.9 Å². The lowest BCUT2D eigenvalue weighted by Crippen LogP contribution is -2.50. The van der Waals surface area contributed by atoms with E-state index in [1.165, 1.54) is 13.0 Å². The van der Waals surface area contributed by atoms with E-state index in [0.29, 0.717) is 13.0 Å². The number of rotatable bonds is 6. The molecule has 3 atom stereocenters. The van der Waals surface area contributed by atoms with Gasteiger partial charge >= 0.3 is 5.97 Å². The number of esters is 1. The first-order valence-corrected chi connectivity index (χ1v) is 7.70. The fraction of sp³-hybridized carbons (Fsp3) is 0.529. The molecule has 1 amide bonds. The van der Waals surface area contributed by atoms with Crippen molar-refractivity contribution in [1.82, 2.24) is 10.2 Å². The van der Waals surface area contributed by atoms with Gasteiger partial charge in [0.15, 0.2) is 0 Å². The Morgan fingerprint density at radius 3 is 2.70 bits per heavy atom. The Balaban J connectivity index is 2.51. The molecule has 1 aliphatic heterocycles. The molecule has 1 heterocycles. The molecular formula is C17H26N2O4. The highest BCUT2D eigenvalue weighted by Crippen LogP contribution is 2.15. The molecule has 1 rings (SSSR count). The molecule has 23 heavy (non-hydrogen) atoms. The Bertz CT molecular complexity index is 499.